The van der Waals surface area contributed by atoms with Gasteiger partial charge in [0.15, 0.2) is 6.61 Å². The normalized spacial score (nSPS) is 11.4. The Bertz CT molecular complexity index is 1540. The van der Waals surface area contributed by atoms with Crippen LogP contribution in [0.15, 0.2) is 63.8 Å². The van der Waals surface area contributed by atoms with E-state index in [-0.39, 0.29) is 22.5 Å². The lowest BCUT2D eigenvalue weighted by molar-refractivity contribution is -0.154. The number of rotatable bonds is 6. The van der Waals surface area contributed by atoms with Gasteiger partial charge in [0.25, 0.3) is 11.7 Å². The van der Waals surface area contributed by atoms with Gasteiger partial charge >= 0.3 is 6.18 Å². The molecule has 4 aromatic rings. The molecule has 0 aliphatic carbocycles. The van der Waals surface area contributed by atoms with E-state index in [1.54, 1.807) is 32.0 Å². The lowest BCUT2D eigenvalue weighted by atomic mass is 10.1. The first-order valence-corrected chi connectivity index (χ1v) is 11.5. The molecule has 0 radical (unpaired) electrons. The van der Waals surface area contributed by atoms with Crippen LogP contribution in [0, 0.1) is 13.8 Å². The Hall–Kier alpha value is -3.69. The monoisotopic (exact) mass is 551 g/mol. The van der Waals surface area contributed by atoms with Gasteiger partial charge in [-0.3, -0.25) is 9.59 Å². The van der Waals surface area contributed by atoms with E-state index in [0.29, 0.717) is 26.9 Å². The summed E-state index contributed by atoms with van der Waals surface area (Å²) in [6.07, 6.45) is -5.03. The Labute approximate surface area is 218 Å². The minimum Gasteiger partial charge on any atom is -0.484 e. The van der Waals surface area contributed by atoms with Crippen molar-refractivity contribution in [3.8, 4) is 17.2 Å². The number of alkyl halides is 3. The summed E-state index contributed by atoms with van der Waals surface area (Å²) in [6.45, 7) is 2.86. The molecule has 0 unspecified atom stereocenters. The number of halogens is 5. The quantitative estimate of drug-likeness (QED) is 0.267. The number of amides is 1. The number of hydrogen-bond acceptors (Lipinski definition) is 5. The minimum atomic E-state index is -5.03. The number of fused-ring (bicyclic) bond motifs is 1. The molecular weight excluding hydrogens is 534 g/mol. The van der Waals surface area contributed by atoms with Gasteiger partial charge in [0.05, 0.1) is 5.39 Å². The van der Waals surface area contributed by atoms with E-state index < -0.39 is 35.6 Å². The van der Waals surface area contributed by atoms with Gasteiger partial charge in [-0.05, 0) is 67.4 Å². The Morgan fingerprint density at radius 1 is 1.00 bits per heavy atom. The molecule has 4 rings (SSSR count). The zero-order chi connectivity index (χ0) is 26.9. The van der Waals surface area contributed by atoms with Crippen LogP contribution in [-0.2, 0) is 11.0 Å². The van der Waals surface area contributed by atoms with Crippen molar-refractivity contribution in [2.45, 2.75) is 20.0 Å². The van der Waals surface area contributed by atoms with Gasteiger partial charge in [-0.15, -0.1) is 0 Å². The van der Waals surface area contributed by atoms with Crippen LogP contribution in [0.3, 0.4) is 0 Å². The van der Waals surface area contributed by atoms with Crippen molar-refractivity contribution in [1.29, 1.82) is 0 Å². The van der Waals surface area contributed by atoms with E-state index in [2.05, 4.69) is 5.32 Å². The van der Waals surface area contributed by atoms with E-state index >= 15 is 0 Å². The van der Waals surface area contributed by atoms with Gasteiger partial charge in [-0.2, -0.15) is 13.2 Å². The molecule has 192 valence electrons. The van der Waals surface area contributed by atoms with Crippen LogP contribution in [-0.4, -0.2) is 12.5 Å². The standard InChI is InChI=1S/C26H18Cl2F3NO5/c1-13-8-18(9-14(2)22(13)28)36-24-23(34)19-7-6-17(11-20(19)37-25(24)26(29,30)31)35-12-21(33)32-16-5-3-4-15(27)10-16/h3-11H,12H2,1-2H3,(H,32,33). The Morgan fingerprint density at radius 2 is 1.70 bits per heavy atom. The van der Waals surface area contributed by atoms with Crippen molar-refractivity contribution in [3.05, 3.63) is 91.8 Å². The smallest absolute Gasteiger partial charge is 0.453 e. The molecule has 0 spiro atoms. The topological polar surface area (TPSA) is 77.8 Å². The highest BCUT2D eigenvalue weighted by molar-refractivity contribution is 6.32. The molecule has 0 fully saturated rings. The van der Waals surface area contributed by atoms with E-state index in [0.717, 1.165) is 6.07 Å². The molecule has 0 atom stereocenters. The molecule has 0 saturated carbocycles. The van der Waals surface area contributed by atoms with E-state index in [4.69, 9.17) is 37.1 Å². The van der Waals surface area contributed by atoms with Crippen LogP contribution in [0.4, 0.5) is 18.9 Å². The van der Waals surface area contributed by atoms with Crippen LogP contribution < -0.4 is 20.2 Å². The molecule has 1 heterocycles. The van der Waals surface area contributed by atoms with E-state index in [1.807, 2.05) is 0 Å². The Morgan fingerprint density at radius 3 is 2.35 bits per heavy atom. The molecule has 0 saturated heterocycles. The zero-order valence-corrected chi connectivity index (χ0v) is 20.8. The highest BCUT2D eigenvalue weighted by Crippen LogP contribution is 2.39. The molecule has 11 heteroatoms. The van der Waals surface area contributed by atoms with Gasteiger partial charge in [-0.25, -0.2) is 0 Å². The predicted octanol–water partition coefficient (Wildman–Crippen LogP) is 7.55. The lowest BCUT2D eigenvalue weighted by Gasteiger charge is -2.15. The fraction of sp³-hybridized carbons (Fsp3) is 0.154. The molecular formula is C26H18Cl2F3NO5. The molecule has 0 aliphatic rings. The number of carbonyl (C=O) groups is 1. The van der Waals surface area contributed by atoms with E-state index in [9.17, 15) is 22.8 Å². The summed E-state index contributed by atoms with van der Waals surface area (Å²) < 4.78 is 57.4. The number of nitrogens with one attached hydrogen (secondary N) is 1. The third-order valence-corrected chi connectivity index (χ3v) is 6.02. The summed E-state index contributed by atoms with van der Waals surface area (Å²) in [5.74, 6) is -3.12. The van der Waals surface area contributed by atoms with Crippen molar-refractivity contribution in [1.82, 2.24) is 0 Å². The Kier molecular flexibility index (Phi) is 7.38. The van der Waals surface area contributed by atoms with Crippen molar-refractivity contribution >= 4 is 45.8 Å². The summed E-state index contributed by atoms with van der Waals surface area (Å²) in [5, 5.41) is 3.27. The fourth-order valence-corrected chi connectivity index (χ4v) is 3.82. The van der Waals surface area contributed by atoms with Crippen molar-refractivity contribution in [2.75, 3.05) is 11.9 Å². The molecule has 1 amide bonds. The molecule has 6 nitrogen and oxygen atoms in total. The number of anilines is 1. The van der Waals surface area contributed by atoms with Gasteiger partial charge in [0, 0.05) is 21.8 Å². The van der Waals surface area contributed by atoms with Crippen molar-refractivity contribution in [3.63, 3.8) is 0 Å². The predicted molar refractivity (Wildman–Crippen MR) is 134 cm³/mol. The first-order chi connectivity index (χ1) is 17.4. The second-order valence-electron chi connectivity index (χ2n) is 8.07. The molecule has 1 aromatic heterocycles. The summed E-state index contributed by atoms with van der Waals surface area (Å²) in [7, 11) is 0. The van der Waals surface area contributed by atoms with Crippen molar-refractivity contribution in [2.24, 2.45) is 0 Å². The second-order valence-corrected chi connectivity index (χ2v) is 8.88. The molecule has 3 aromatic carbocycles. The van der Waals surface area contributed by atoms with Gasteiger partial charge in [-0.1, -0.05) is 29.3 Å². The average molecular weight is 552 g/mol. The van der Waals surface area contributed by atoms with E-state index in [1.165, 1.54) is 30.3 Å². The SMILES string of the molecule is Cc1cc(Oc2c(C(F)(F)F)oc3cc(OCC(=O)Nc4cccc(Cl)c4)ccc3c2=O)cc(C)c1Cl. The highest BCUT2D eigenvalue weighted by Gasteiger charge is 2.40. The van der Waals surface area contributed by atoms with Gasteiger partial charge in [0.2, 0.25) is 11.2 Å². The third kappa shape index (κ3) is 6.00. The van der Waals surface area contributed by atoms with Crippen LogP contribution >= 0.6 is 23.2 Å². The molecule has 37 heavy (non-hydrogen) atoms. The molecule has 0 aliphatic heterocycles. The largest absolute Gasteiger partial charge is 0.484 e. The summed E-state index contributed by atoms with van der Waals surface area (Å²) in [6, 6.07) is 13.0. The average Bonchev–Trinajstić information content (AvgIpc) is 2.82. The Balaban J connectivity index is 1.63. The lowest BCUT2D eigenvalue weighted by Crippen LogP contribution is -2.20. The fourth-order valence-electron chi connectivity index (χ4n) is 3.52. The third-order valence-electron chi connectivity index (χ3n) is 5.19. The zero-order valence-electron chi connectivity index (χ0n) is 19.3. The maximum absolute atomic E-state index is 13.8. The number of benzene rings is 3. The first-order valence-electron chi connectivity index (χ1n) is 10.7. The minimum absolute atomic E-state index is 0.00206. The maximum Gasteiger partial charge on any atom is 0.453 e. The van der Waals surface area contributed by atoms with Crippen LogP contribution in [0.5, 0.6) is 17.2 Å². The second kappa shape index (κ2) is 10.4. The summed E-state index contributed by atoms with van der Waals surface area (Å²) in [4.78, 5) is 25.2. The first kappa shape index (κ1) is 26.4. The van der Waals surface area contributed by atoms with Crippen molar-refractivity contribution < 1.29 is 31.9 Å². The number of hydrogen-bond donors (Lipinski definition) is 1. The molecule has 0 bridgehead atoms. The number of ether oxygens (including phenoxy) is 2. The van der Waals surface area contributed by atoms with Gasteiger partial charge in [0.1, 0.15) is 17.1 Å². The van der Waals surface area contributed by atoms with Crippen LogP contribution in [0.2, 0.25) is 10.0 Å². The van der Waals surface area contributed by atoms with Crippen LogP contribution in [0.25, 0.3) is 11.0 Å². The highest BCUT2D eigenvalue weighted by atomic mass is 35.5. The van der Waals surface area contributed by atoms with Gasteiger partial charge < -0.3 is 19.2 Å². The number of carbonyl (C=O) groups excluding carboxylic acids is 1. The number of aryl methyl sites for hydroxylation is 2. The summed E-state index contributed by atoms with van der Waals surface area (Å²) >= 11 is 12.0. The summed E-state index contributed by atoms with van der Waals surface area (Å²) in [5.41, 5.74) is 0.164. The maximum atomic E-state index is 13.8. The molecule has 1 N–H and O–H groups in total. The van der Waals surface area contributed by atoms with Crippen LogP contribution in [0.1, 0.15) is 16.9 Å².